The van der Waals surface area contributed by atoms with Crippen LogP contribution in [-0.4, -0.2) is 58.2 Å². The Morgan fingerprint density at radius 3 is 2.83 bits per heavy atom. The Morgan fingerprint density at radius 2 is 2.17 bits per heavy atom. The molecule has 2 rings (SSSR count). The van der Waals surface area contributed by atoms with Gasteiger partial charge in [0.05, 0.1) is 11.1 Å². The van der Waals surface area contributed by atoms with Gasteiger partial charge in [0.1, 0.15) is 0 Å². The van der Waals surface area contributed by atoms with Crippen molar-refractivity contribution in [1.29, 1.82) is 0 Å². The van der Waals surface area contributed by atoms with Crippen molar-refractivity contribution in [2.45, 2.75) is 25.3 Å². The molecule has 1 aliphatic heterocycles. The molecule has 2 N–H and O–H groups in total. The Bertz CT molecular complexity index is 619. The zero-order valence-corrected chi connectivity index (χ0v) is 15.8. The Kier molecular flexibility index (Phi) is 7.96. The number of thiophene rings is 1. The van der Waals surface area contributed by atoms with Crippen molar-refractivity contribution in [3.05, 3.63) is 21.9 Å². The number of amides is 1. The number of nitrogens with zero attached hydrogens (tertiary/aromatic N) is 1. The van der Waals surface area contributed by atoms with Crippen LogP contribution in [0.5, 0.6) is 0 Å². The summed E-state index contributed by atoms with van der Waals surface area (Å²) < 4.78 is 24.5. The number of carbonyl (C=O) groups is 1. The number of carbonyl (C=O) groups excluding carboxylic acids is 1. The maximum absolute atomic E-state index is 12.5. The summed E-state index contributed by atoms with van der Waals surface area (Å²) in [5.41, 5.74) is 0. The number of likely N-dealkylation sites (N-methyl/N-ethyl adjacent to an activating group) is 1. The molecule has 1 aromatic heterocycles. The summed E-state index contributed by atoms with van der Waals surface area (Å²) in [4.78, 5) is 16.1. The number of likely N-dealkylation sites (tertiary alicyclic amines) is 1. The molecule has 0 radical (unpaired) electrons. The molecule has 1 aromatic rings. The number of rotatable bonds is 6. The fourth-order valence-electron chi connectivity index (χ4n) is 2.54. The first kappa shape index (κ1) is 20.4. The van der Waals surface area contributed by atoms with Crippen molar-refractivity contribution in [2.24, 2.45) is 0 Å². The summed E-state index contributed by atoms with van der Waals surface area (Å²) in [6.07, 6.45) is 3.87. The number of hydrogen-bond acceptors (Lipinski definition) is 5. The molecule has 0 bridgehead atoms. The van der Waals surface area contributed by atoms with Gasteiger partial charge in [-0.3, -0.25) is 4.79 Å². The maximum atomic E-state index is 12.5. The molecule has 9 heteroatoms. The van der Waals surface area contributed by atoms with Gasteiger partial charge in [0, 0.05) is 30.6 Å². The monoisotopic (exact) mass is 381 g/mol. The van der Waals surface area contributed by atoms with E-state index >= 15 is 0 Å². The molecule has 0 saturated carbocycles. The molecule has 6 nitrogen and oxygen atoms in total. The van der Waals surface area contributed by atoms with E-state index in [0.717, 1.165) is 41.9 Å². The topological polar surface area (TPSA) is 78.5 Å². The summed E-state index contributed by atoms with van der Waals surface area (Å²) in [6.45, 7) is 1.91. The van der Waals surface area contributed by atoms with Gasteiger partial charge in [-0.15, -0.1) is 23.7 Å². The third-order valence-corrected chi connectivity index (χ3v) is 5.59. The molecule has 132 valence electrons. The first-order valence-electron chi connectivity index (χ1n) is 7.39. The molecule has 1 aliphatic rings. The molecule has 0 aromatic carbocycles. The summed E-state index contributed by atoms with van der Waals surface area (Å²) in [6, 6.07) is 4.11. The summed E-state index contributed by atoms with van der Waals surface area (Å²) in [5, 5.41) is 3.23. The van der Waals surface area contributed by atoms with Crippen LogP contribution in [0.2, 0.25) is 0 Å². The predicted octanol–water partition coefficient (Wildman–Crippen LogP) is 1.09. The van der Waals surface area contributed by atoms with Crippen molar-refractivity contribution >= 4 is 39.7 Å². The third-order valence-electron chi connectivity index (χ3n) is 3.72. The van der Waals surface area contributed by atoms with E-state index in [-0.39, 0.29) is 18.3 Å². The molecule has 1 amide bonds. The number of halogens is 1. The van der Waals surface area contributed by atoms with Crippen LogP contribution >= 0.6 is 23.7 Å². The van der Waals surface area contributed by atoms with Gasteiger partial charge in [0.25, 0.3) is 5.91 Å². The standard InChI is InChI=1S/C14H23N3O3S2.ClH/c1-15-11-4-3-9-17(10-11)14(18)13-6-5-12(21-13)7-8-16-22(2,19)20;/h5-6,11,15-16H,3-4,7-10H2,1-2H3;1H. The summed E-state index contributed by atoms with van der Waals surface area (Å²) in [5.74, 6) is 0.0762. The molecule has 2 heterocycles. The second-order valence-corrected chi connectivity index (χ2v) is 8.56. The van der Waals surface area contributed by atoms with Crippen molar-refractivity contribution in [2.75, 3.05) is 32.9 Å². The minimum Gasteiger partial charge on any atom is -0.336 e. The highest BCUT2D eigenvalue weighted by Crippen LogP contribution is 2.21. The minimum absolute atomic E-state index is 0. The van der Waals surface area contributed by atoms with Crippen molar-refractivity contribution < 1.29 is 13.2 Å². The maximum Gasteiger partial charge on any atom is 0.263 e. The lowest BCUT2D eigenvalue weighted by Gasteiger charge is -2.32. The van der Waals surface area contributed by atoms with Crippen LogP contribution in [0.4, 0.5) is 0 Å². The van der Waals surface area contributed by atoms with Gasteiger partial charge in [-0.2, -0.15) is 0 Å². The van der Waals surface area contributed by atoms with E-state index in [4.69, 9.17) is 0 Å². The molecule has 0 aliphatic carbocycles. The van der Waals surface area contributed by atoms with Gasteiger partial charge < -0.3 is 10.2 Å². The molecule has 1 atom stereocenters. The molecule has 1 saturated heterocycles. The highest BCUT2D eigenvalue weighted by molar-refractivity contribution is 7.88. The van der Waals surface area contributed by atoms with Gasteiger partial charge in [-0.05, 0) is 38.4 Å². The van der Waals surface area contributed by atoms with E-state index in [1.165, 1.54) is 11.3 Å². The van der Waals surface area contributed by atoms with Gasteiger partial charge in [0.2, 0.25) is 10.0 Å². The van der Waals surface area contributed by atoms with Crippen LogP contribution in [0.25, 0.3) is 0 Å². The first-order chi connectivity index (χ1) is 10.4. The molecular formula is C14H24ClN3O3S2. The van der Waals surface area contributed by atoms with Crippen molar-refractivity contribution in [3.8, 4) is 0 Å². The largest absolute Gasteiger partial charge is 0.336 e. The number of hydrogen-bond donors (Lipinski definition) is 2. The predicted molar refractivity (Wildman–Crippen MR) is 96.1 cm³/mol. The second-order valence-electron chi connectivity index (χ2n) is 5.56. The van der Waals surface area contributed by atoms with E-state index in [1.807, 2.05) is 24.1 Å². The van der Waals surface area contributed by atoms with Crippen molar-refractivity contribution in [3.63, 3.8) is 0 Å². The van der Waals surface area contributed by atoms with Crippen LogP contribution in [-0.2, 0) is 16.4 Å². The van der Waals surface area contributed by atoms with Crippen LogP contribution in [0.15, 0.2) is 12.1 Å². The SMILES string of the molecule is CNC1CCCN(C(=O)c2ccc(CCNS(C)(=O)=O)s2)C1.Cl. The van der Waals surface area contributed by atoms with Crippen molar-refractivity contribution in [1.82, 2.24) is 14.9 Å². The van der Waals surface area contributed by atoms with Gasteiger partial charge in [-0.1, -0.05) is 0 Å². The van der Waals surface area contributed by atoms with E-state index in [0.29, 0.717) is 19.0 Å². The van der Waals surface area contributed by atoms with E-state index in [1.54, 1.807) is 0 Å². The van der Waals surface area contributed by atoms with Crippen LogP contribution in [0.3, 0.4) is 0 Å². The molecule has 23 heavy (non-hydrogen) atoms. The van der Waals surface area contributed by atoms with E-state index in [2.05, 4.69) is 10.0 Å². The quantitative estimate of drug-likeness (QED) is 0.773. The molecular weight excluding hydrogens is 358 g/mol. The first-order valence-corrected chi connectivity index (χ1v) is 10.1. The Labute approximate surface area is 148 Å². The fraction of sp³-hybridized carbons (Fsp3) is 0.643. The lowest BCUT2D eigenvalue weighted by Crippen LogP contribution is -2.46. The zero-order chi connectivity index (χ0) is 16.2. The highest BCUT2D eigenvalue weighted by atomic mass is 35.5. The Hall–Kier alpha value is -0.670. The van der Waals surface area contributed by atoms with E-state index < -0.39 is 10.0 Å². The number of nitrogens with one attached hydrogen (secondary N) is 2. The summed E-state index contributed by atoms with van der Waals surface area (Å²) in [7, 11) is -1.23. The highest BCUT2D eigenvalue weighted by Gasteiger charge is 2.24. The average molecular weight is 382 g/mol. The summed E-state index contributed by atoms with van der Waals surface area (Å²) >= 11 is 1.45. The van der Waals surface area contributed by atoms with Crippen LogP contribution in [0, 0.1) is 0 Å². The Balaban J connectivity index is 0.00000264. The van der Waals surface area contributed by atoms with Crippen LogP contribution < -0.4 is 10.0 Å². The lowest BCUT2D eigenvalue weighted by atomic mass is 10.1. The van der Waals surface area contributed by atoms with E-state index in [9.17, 15) is 13.2 Å². The molecule has 1 fully saturated rings. The lowest BCUT2D eigenvalue weighted by molar-refractivity contribution is 0.0703. The molecule has 0 spiro atoms. The normalized spacial score (nSPS) is 18.5. The minimum atomic E-state index is -3.16. The average Bonchev–Trinajstić information content (AvgIpc) is 2.94. The number of sulfonamides is 1. The van der Waals surface area contributed by atoms with Crippen LogP contribution in [0.1, 0.15) is 27.4 Å². The van der Waals surface area contributed by atoms with Gasteiger partial charge in [0.15, 0.2) is 0 Å². The smallest absolute Gasteiger partial charge is 0.263 e. The third kappa shape index (κ3) is 6.39. The second kappa shape index (κ2) is 8.98. The zero-order valence-electron chi connectivity index (χ0n) is 13.4. The molecule has 1 unspecified atom stereocenters. The van der Waals surface area contributed by atoms with Gasteiger partial charge >= 0.3 is 0 Å². The Morgan fingerprint density at radius 1 is 1.43 bits per heavy atom. The number of piperidine rings is 1. The fourth-order valence-corrected chi connectivity index (χ4v) is 3.99. The van der Waals surface area contributed by atoms with Gasteiger partial charge in [-0.25, -0.2) is 13.1 Å².